The zero-order chi connectivity index (χ0) is 11.1. The smallest absolute Gasteiger partial charge is 0.185 e. The van der Waals surface area contributed by atoms with Crippen LogP contribution in [0.25, 0.3) is 0 Å². The number of hydrogen-bond donors (Lipinski definition) is 0. The highest BCUT2D eigenvalue weighted by atomic mass is 16.3. The third-order valence-corrected chi connectivity index (χ3v) is 1.93. The Hall–Kier alpha value is -1.83. The second kappa shape index (κ2) is 5.81. The third-order valence-electron chi connectivity index (χ3n) is 1.93. The van der Waals surface area contributed by atoms with Crippen molar-refractivity contribution in [2.75, 3.05) is 0 Å². The second-order valence-corrected chi connectivity index (χ2v) is 3.17. The normalized spacial score (nSPS) is 11.9. The van der Waals surface area contributed by atoms with Gasteiger partial charge in [-0.1, -0.05) is 36.5 Å². The Balaban J connectivity index is 2.49. The first-order valence-electron chi connectivity index (χ1n) is 4.76. The van der Waals surface area contributed by atoms with E-state index in [0.29, 0.717) is 18.5 Å². The molecule has 0 spiro atoms. The Morgan fingerprint density at radius 3 is 2.93 bits per heavy atom. The van der Waals surface area contributed by atoms with Gasteiger partial charge in [0.1, 0.15) is 5.76 Å². The van der Waals surface area contributed by atoms with Crippen LogP contribution in [-0.2, 0) is 6.42 Å². The fourth-order valence-corrected chi connectivity index (χ4v) is 1.04. The Morgan fingerprint density at radius 1 is 1.53 bits per heavy atom. The molecule has 15 heavy (non-hydrogen) atoms. The number of allylic oxidation sites excluding steroid dienone is 5. The minimum Gasteiger partial charge on any atom is -0.458 e. The minimum atomic E-state index is 0.371. The molecule has 0 aromatic carbocycles. The van der Waals surface area contributed by atoms with E-state index in [2.05, 4.69) is 6.58 Å². The number of furan rings is 1. The predicted molar refractivity (Wildman–Crippen MR) is 60.9 cm³/mol. The molecular formula is C13H14O2. The van der Waals surface area contributed by atoms with Gasteiger partial charge in [0, 0.05) is 6.42 Å². The van der Waals surface area contributed by atoms with Gasteiger partial charge in [0.25, 0.3) is 0 Å². The first-order valence-corrected chi connectivity index (χ1v) is 4.76. The molecule has 1 rings (SSSR count). The molecule has 0 radical (unpaired) electrons. The van der Waals surface area contributed by atoms with Crippen molar-refractivity contribution in [1.29, 1.82) is 0 Å². The number of carbonyl (C=O) groups is 1. The van der Waals surface area contributed by atoms with Crippen LogP contribution in [0, 0.1) is 0 Å². The molecule has 0 saturated carbocycles. The van der Waals surface area contributed by atoms with Crippen molar-refractivity contribution in [1.82, 2.24) is 0 Å². The Morgan fingerprint density at radius 2 is 2.33 bits per heavy atom. The molecule has 0 saturated heterocycles. The molecule has 0 atom stereocenters. The van der Waals surface area contributed by atoms with E-state index in [-0.39, 0.29) is 0 Å². The van der Waals surface area contributed by atoms with Crippen LogP contribution < -0.4 is 0 Å². The summed E-state index contributed by atoms with van der Waals surface area (Å²) in [5.74, 6) is 1.16. The number of hydrogen-bond acceptors (Lipinski definition) is 2. The molecule has 0 N–H and O–H groups in total. The maximum absolute atomic E-state index is 10.3. The summed E-state index contributed by atoms with van der Waals surface area (Å²) in [5, 5.41) is 0. The van der Waals surface area contributed by atoms with Gasteiger partial charge in [-0.2, -0.15) is 0 Å². The standard InChI is InChI=1S/C13H14O2/c1-3-11(2)6-4-5-7-12-8-9-13(10-14)15-12/h3-6,8-10H,1,7H2,2H3/b5-4-,11-6-. The molecule has 0 aliphatic heterocycles. The summed E-state index contributed by atoms with van der Waals surface area (Å²) in [6.45, 7) is 5.63. The van der Waals surface area contributed by atoms with Crippen LogP contribution in [0.1, 0.15) is 23.2 Å². The lowest BCUT2D eigenvalue weighted by Gasteiger charge is -1.88. The van der Waals surface area contributed by atoms with Crippen molar-refractivity contribution in [3.63, 3.8) is 0 Å². The molecule has 0 bridgehead atoms. The molecule has 0 unspecified atom stereocenters. The zero-order valence-corrected chi connectivity index (χ0v) is 8.77. The van der Waals surface area contributed by atoms with E-state index in [0.717, 1.165) is 11.3 Å². The fraction of sp³-hybridized carbons (Fsp3) is 0.154. The Kier molecular flexibility index (Phi) is 4.35. The van der Waals surface area contributed by atoms with Gasteiger partial charge in [0.05, 0.1) is 0 Å². The number of carbonyl (C=O) groups excluding carboxylic acids is 1. The van der Waals surface area contributed by atoms with Crippen LogP contribution in [0.15, 0.2) is 53.0 Å². The molecule has 1 aromatic heterocycles. The van der Waals surface area contributed by atoms with Crippen LogP contribution in [-0.4, -0.2) is 6.29 Å². The topological polar surface area (TPSA) is 30.2 Å². The second-order valence-electron chi connectivity index (χ2n) is 3.17. The molecular weight excluding hydrogens is 188 g/mol. The van der Waals surface area contributed by atoms with Gasteiger partial charge in [-0.05, 0) is 19.1 Å². The van der Waals surface area contributed by atoms with Crippen LogP contribution >= 0.6 is 0 Å². The van der Waals surface area contributed by atoms with Gasteiger partial charge >= 0.3 is 0 Å². The maximum Gasteiger partial charge on any atom is 0.185 e. The maximum atomic E-state index is 10.3. The van der Waals surface area contributed by atoms with Crippen molar-refractivity contribution in [3.8, 4) is 0 Å². The number of rotatable bonds is 5. The van der Waals surface area contributed by atoms with E-state index in [1.807, 2.05) is 25.2 Å². The third kappa shape index (κ3) is 3.81. The Bertz CT molecular complexity index is 394. The summed E-state index contributed by atoms with van der Waals surface area (Å²) in [5.41, 5.74) is 1.11. The summed E-state index contributed by atoms with van der Waals surface area (Å²) < 4.78 is 5.21. The molecule has 0 fully saturated rings. The fourth-order valence-electron chi connectivity index (χ4n) is 1.04. The lowest BCUT2D eigenvalue weighted by atomic mass is 10.2. The quantitative estimate of drug-likeness (QED) is 0.541. The average Bonchev–Trinajstić information content (AvgIpc) is 2.72. The van der Waals surface area contributed by atoms with Crippen LogP contribution in [0.3, 0.4) is 0 Å². The van der Waals surface area contributed by atoms with E-state index >= 15 is 0 Å². The van der Waals surface area contributed by atoms with Gasteiger partial charge in [-0.15, -0.1) is 0 Å². The van der Waals surface area contributed by atoms with Crippen molar-refractivity contribution in [2.45, 2.75) is 13.3 Å². The van der Waals surface area contributed by atoms with E-state index < -0.39 is 0 Å². The zero-order valence-electron chi connectivity index (χ0n) is 8.77. The van der Waals surface area contributed by atoms with E-state index in [9.17, 15) is 4.79 Å². The van der Waals surface area contributed by atoms with Gasteiger partial charge in [0.15, 0.2) is 12.0 Å². The molecule has 0 amide bonds. The monoisotopic (exact) mass is 202 g/mol. The SMILES string of the molecule is C=C/C(C)=C\C=C/Cc1ccc(C=O)o1. The average molecular weight is 202 g/mol. The predicted octanol–water partition coefficient (Wildman–Crippen LogP) is 3.32. The van der Waals surface area contributed by atoms with Crippen molar-refractivity contribution in [3.05, 3.63) is 60.1 Å². The van der Waals surface area contributed by atoms with Gasteiger partial charge in [-0.25, -0.2) is 0 Å². The number of aldehydes is 1. The summed E-state index contributed by atoms with van der Waals surface area (Å²) in [7, 11) is 0. The molecule has 0 aliphatic carbocycles. The molecule has 1 heterocycles. The van der Waals surface area contributed by atoms with Gasteiger partial charge < -0.3 is 4.42 Å². The minimum absolute atomic E-state index is 0.371. The Labute approximate surface area is 89.6 Å². The first-order chi connectivity index (χ1) is 7.26. The largest absolute Gasteiger partial charge is 0.458 e. The lowest BCUT2D eigenvalue weighted by molar-refractivity contribution is 0.109. The summed E-state index contributed by atoms with van der Waals surface area (Å²) in [6, 6.07) is 3.47. The highest BCUT2D eigenvalue weighted by Gasteiger charge is 1.97. The molecule has 78 valence electrons. The van der Waals surface area contributed by atoms with E-state index in [4.69, 9.17) is 4.42 Å². The van der Waals surface area contributed by atoms with Crippen molar-refractivity contribution < 1.29 is 9.21 Å². The van der Waals surface area contributed by atoms with Crippen molar-refractivity contribution in [2.24, 2.45) is 0 Å². The molecule has 0 aliphatic rings. The molecule has 2 heteroatoms. The van der Waals surface area contributed by atoms with Gasteiger partial charge in [0.2, 0.25) is 0 Å². The summed E-state index contributed by atoms with van der Waals surface area (Å²) in [6.07, 6.45) is 9.07. The van der Waals surface area contributed by atoms with Gasteiger partial charge in [-0.3, -0.25) is 4.79 Å². The first kappa shape index (κ1) is 11.2. The van der Waals surface area contributed by atoms with E-state index in [1.54, 1.807) is 18.2 Å². The van der Waals surface area contributed by atoms with Crippen molar-refractivity contribution >= 4 is 6.29 Å². The summed E-state index contributed by atoms with van der Waals surface area (Å²) in [4.78, 5) is 10.3. The van der Waals surface area contributed by atoms with Crippen LogP contribution in [0.4, 0.5) is 0 Å². The highest BCUT2D eigenvalue weighted by molar-refractivity contribution is 5.70. The van der Waals surface area contributed by atoms with Crippen LogP contribution in [0.2, 0.25) is 0 Å². The lowest BCUT2D eigenvalue weighted by Crippen LogP contribution is -1.74. The summed E-state index contributed by atoms with van der Waals surface area (Å²) >= 11 is 0. The molecule has 1 aromatic rings. The highest BCUT2D eigenvalue weighted by Crippen LogP contribution is 2.06. The molecule has 2 nitrogen and oxygen atoms in total. The van der Waals surface area contributed by atoms with E-state index in [1.165, 1.54) is 0 Å². The van der Waals surface area contributed by atoms with Crippen LogP contribution in [0.5, 0.6) is 0 Å².